The quantitative estimate of drug-likeness (QED) is 0.643. The molecule has 0 saturated heterocycles. The summed E-state index contributed by atoms with van der Waals surface area (Å²) in [6.07, 6.45) is 0. The van der Waals surface area contributed by atoms with Gasteiger partial charge in [0.1, 0.15) is 10.8 Å². The van der Waals surface area contributed by atoms with E-state index >= 15 is 0 Å². The average molecular weight is 375 g/mol. The number of ether oxygens (including phenoxy) is 2. The van der Waals surface area contributed by atoms with Crippen LogP contribution in [0.4, 0.5) is 0 Å². The van der Waals surface area contributed by atoms with E-state index < -0.39 is 0 Å². The maximum absolute atomic E-state index is 6.28. The van der Waals surface area contributed by atoms with E-state index in [-0.39, 0.29) is 6.04 Å². The molecule has 130 valence electrons. The standard InChI is InChI=1S/C19H19ClN2O2S/c1-12(19-21-16-5-3-4-6-17(16)25-19)22(2)9-13-7-15(20)8-14-10-23-11-24-18(13)14/h3-8,12H,9-11H2,1-2H3/t12-/m0/s1. The van der Waals surface area contributed by atoms with Gasteiger partial charge in [-0.15, -0.1) is 11.3 Å². The van der Waals surface area contributed by atoms with E-state index in [0.29, 0.717) is 18.4 Å². The molecule has 0 radical (unpaired) electrons. The van der Waals surface area contributed by atoms with Crippen molar-refractivity contribution in [3.05, 3.63) is 57.6 Å². The molecular weight excluding hydrogens is 356 g/mol. The molecule has 2 heterocycles. The summed E-state index contributed by atoms with van der Waals surface area (Å²) in [5.41, 5.74) is 3.15. The maximum Gasteiger partial charge on any atom is 0.189 e. The molecule has 1 aromatic heterocycles. The average Bonchev–Trinajstić information content (AvgIpc) is 3.05. The first-order chi connectivity index (χ1) is 12.1. The maximum atomic E-state index is 6.28. The molecule has 0 unspecified atom stereocenters. The predicted molar refractivity (Wildman–Crippen MR) is 101 cm³/mol. The first-order valence-electron chi connectivity index (χ1n) is 8.19. The number of aromatic nitrogens is 1. The summed E-state index contributed by atoms with van der Waals surface area (Å²) < 4.78 is 12.3. The lowest BCUT2D eigenvalue weighted by molar-refractivity contribution is -0.0175. The monoisotopic (exact) mass is 374 g/mol. The highest BCUT2D eigenvalue weighted by Gasteiger charge is 2.21. The lowest BCUT2D eigenvalue weighted by atomic mass is 10.1. The molecule has 1 aliphatic rings. The van der Waals surface area contributed by atoms with E-state index in [0.717, 1.165) is 33.9 Å². The van der Waals surface area contributed by atoms with Crippen LogP contribution in [0.3, 0.4) is 0 Å². The van der Waals surface area contributed by atoms with Crippen LogP contribution in [0.15, 0.2) is 36.4 Å². The highest BCUT2D eigenvalue weighted by Crippen LogP contribution is 2.34. The number of para-hydroxylation sites is 1. The molecule has 6 heteroatoms. The molecule has 0 bridgehead atoms. The molecule has 0 amide bonds. The Balaban J connectivity index is 1.59. The molecule has 4 nitrogen and oxygen atoms in total. The topological polar surface area (TPSA) is 34.6 Å². The number of halogens is 1. The molecule has 1 atom stereocenters. The fourth-order valence-corrected chi connectivity index (χ4v) is 4.39. The number of nitrogens with zero attached hydrogens (tertiary/aromatic N) is 2. The van der Waals surface area contributed by atoms with Crippen molar-refractivity contribution in [2.45, 2.75) is 26.1 Å². The zero-order valence-corrected chi connectivity index (χ0v) is 15.7. The minimum atomic E-state index is 0.201. The number of rotatable bonds is 4. The lowest BCUT2D eigenvalue weighted by Gasteiger charge is -2.26. The van der Waals surface area contributed by atoms with Gasteiger partial charge in [0.25, 0.3) is 0 Å². The Bertz CT molecular complexity index is 879. The van der Waals surface area contributed by atoms with Gasteiger partial charge in [-0.3, -0.25) is 4.90 Å². The number of benzene rings is 2. The Hall–Kier alpha value is -1.66. The molecule has 0 N–H and O–H groups in total. The Labute approximate surface area is 156 Å². The van der Waals surface area contributed by atoms with Crippen LogP contribution in [0.1, 0.15) is 29.1 Å². The fourth-order valence-electron chi connectivity index (χ4n) is 3.04. The van der Waals surface area contributed by atoms with Crippen molar-refractivity contribution < 1.29 is 9.47 Å². The summed E-state index contributed by atoms with van der Waals surface area (Å²) in [5, 5.41) is 1.83. The second-order valence-corrected chi connectivity index (χ2v) is 7.77. The van der Waals surface area contributed by atoms with Gasteiger partial charge in [-0.2, -0.15) is 0 Å². The molecule has 0 fully saturated rings. The molecule has 4 rings (SSSR count). The van der Waals surface area contributed by atoms with Crippen LogP contribution in [0.25, 0.3) is 10.2 Å². The predicted octanol–water partition coefficient (Wildman–Crippen LogP) is 5.01. The molecule has 0 spiro atoms. The first kappa shape index (κ1) is 16.8. The van der Waals surface area contributed by atoms with Crippen molar-refractivity contribution in [1.82, 2.24) is 9.88 Å². The van der Waals surface area contributed by atoms with Crippen LogP contribution in [0.2, 0.25) is 5.02 Å². The Morgan fingerprint density at radius 2 is 2.16 bits per heavy atom. The first-order valence-corrected chi connectivity index (χ1v) is 9.39. The highest BCUT2D eigenvalue weighted by atomic mass is 35.5. The Morgan fingerprint density at radius 1 is 1.32 bits per heavy atom. The smallest absolute Gasteiger partial charge is 0.189 e. The van der Waals surface area contributed by atoms with Gasteiger partial charge in [0.2, 0.25) is 0 Å². The van der Waals surface area contributed by atoms with E-state index in [1.807, 2.05) is 18.2 Å². The van der Waals surface area contributed by atoms with E-state index in [4.69, 9.17) is 26.1 Å². The van der Waals surface area contributed by atoms with Crippen LogP contribution in [-0.4, -0.2) is 23.7 Å². The lowest BCUT2D eigenvalue weighted by Crippen LogP contribution is -2.23. The van der Waals surface area contributed by atoms with E-state index in [9.17, 15) is 0 Å². The van der Waals surface area contributed by atoms with Crippen molar-refractivity contribution in [2.75, 3.05) is 13.8 Å². The molecular formula is C19H19ClN2O2S. The third-order valence-corrected chi connectivity index (χ3v) is 5.93. The molecule has 25 heavy (non-hydrogen) atoms. The van der Waals surface area contributed by atoms with Crippen molar-refractivity contribution in [3.8, 4) is 5.75 Å². The van der Waals surface area contributed by atoms with E-state index in [1.54, 1.807) is 11.3 Å². The van der Waals surface area contributed by atoms with Crippen LogP contribution in [0.5, 0.6) is 5.75 Å². The summed E-state index contributed by atoms with van der Waals surface area (Å²) in [5.74, 6) is 0.902. The third-order valence-electron chi connectivity index (χ3n) is 4.50. The number of fused-ring (bicyclic) bond motifs is 2. The number of hydrogen-bond donors (Lipinski definition) is 0. The van der Waals surface area contributed by atoms with Crippen molar-refractivity contribution >= 4 is 33.2 Å². The van der Waals surface area contributed by atoms with Crippen LogP contribution >= 0.6 is 22.9 Å². The zero-order valence-electron chi connectivity index (χ0n) is 14.2. The van der Waals surface area contributed by atoms with E-state index in [2.05, 4.69) is 37.1 Å². The van der Waals surface area contributed by atoms with Crippen LogP contribution in [0, 0.1) is 0 Å². The van der Waals surface area contributed by atoms with Crippen molar-refractivity contribution in [3.63, 3.8) is 0 Å². The second-order valence-electron chi connectivity index (χ2n) is 6.27. The van der Waals surface area contributed by atoms with Crippen LogP contribution in [-0.2, 0) is 17.9 Å². The third kappa shape index (κ3) is 3.37. The summed E-state index contributed by atoms with van der Waals surface area (Å²) in [6, 6.07) is 12.3. The number of thiazole rings is 1. The second kappa shape index (κ2) is 6.92. The minimum Gasteiger partial charge on any atom is -0.467 e. The van der Waals surface area contributed by atoms with E-state index in [1.165, 1.54) is 4.70 Å². The summed E-state index contributed by atoms with van der Waals surface area (Å²) in [6.45, 7) is 3.75. The SMILES string of the molecule is C[C@@H](c1nc2ccccc2s1)N(C)Cc1cc(Cl)cc2c1OCOC2. The van der Waals surface area contributed by atoms with Gasteiger partial charge >= 0.3 is 0 Å². The Morgan fingerprint density at radius 3 is 3.00 bits per heavy atom. The Kier molecular flexibility index (Phi) is 4.65. The largest absolute Gasteiger partial charge is 0.467 e. The highest BCUT2D eigenvalue weighted by molar-refractivity contribution is 7.18. The van der Waals surface area contributed by atoms with Crippen molar-refractivity contribution in [2.24, 2.45) is 0 Å². The van der Waals surface area contributed by atoms with Gasteiger partial charge in [-0.25, -0.2) is 4.98 Å². The van der Waals surface area contributed by atoms with Crippen LogP contribution < -0.4 is 4.74 Å². The van der Waals surface area contributed by atoms with Gasteiger partial charge in [-0.1, -0.05) is 23.7 Å². The molecule has 2 aromatic carbocycles. The normalized spacial score (nSPS) is 15.2. The molecule has 1 aliphatic heterocycles. The number of hydrogen-bond acceptors (Lipinski definition) is 5. The molecule has 3 aromatic rings. The zero-order chi connectivity index (χ0) is 17.4. The van der Waals surface area contributed by atoms with Crippen molar-refractivity contribution in [1.29, 1.82) is 0 Å². The summed E-state index contributed by atoms with van der Waals surface area (Å²) in [4.78, 5) is 7.05. The molecule has 0 saturated carbocycles. The fraction of sp³-hybridized carbons (Fsp3) is 0.316. The van der Waals surface area contributed by atoms with Gasteiger partial charge in [0.15, 0.2) is 6.79 Å². The van der Waals surface area contributed by atoms with Gasteiger partial charge in [0, 0.05) is 22.7 Å². The summed E-state index contributed by atoms with van der Waals surface area (Å²) in [7, 11) is 2.10. The van der Waals surface area contributed by atoms with Gasteiger partial charge < -0.3 is 9.47 Å². The minimum absolute atomic E-state index is 0.201. The molecule has 0 aliphatic carbocycles. The van der Waals surface area contributed by atoms with Gasteiger partial charge in [0.05, 0.1) is 22.9 Å². The summed E-state index contributed by atoms with van der Waals surface area (Å²) >= 11 is 8.02. The van der Waals surface area contributed by atoms with Gasteiger partial charge in [-0.05, 0) is 38.2 Å².